The standard InChI is InChI=1S/C19H19ClO4/c1-13(15-7-5-4-6-8-15)24-18(21)10-9-14-11-16(20)19(23-3)17(12-14)22-2/h4-13H,1-3H3/b10-9+/t13-/m0/s1. The van der Waals surface area contributed by atoms with E-state index in [1.54, 1.807) is 18.2 Å². The van der Waals surface area contributed by atoms with Crippen LogP contribution in [-0.2, 0) is 9.53 Å². The maximum absolute atomic E-state index is 12.0. The van der Waals surface area contributed by atoms with Crippen molar-refractivity contribution in [2.45, 2.75) is 13.0 Å². The highest BCUT2D eigenvalue weighted by molar-refractivity contribution is 6.32. The molecule has 4 nitrogen and oxygen atoms in total. The zero-order valence-corrected chi connectivity index (χ0v) is 14.5. The van der Waals surface area contributed by atoms with Gasteiger partial charge in [-0.25, -0.2) is 4.79 Å². The minimum absolute atomic E-state index is 0.322. The highest BCUT2D eigenvalue weighted by Gasteiger charge is 2.11. The Morgan fingerprint density at radius 3 is 2.46 bits per heavy atom. The largest absolute Gasteiger partial charge is 0.493 e. The van der Waals surface area contributed by atoms with E-state index in [4.69, 9.17) is 25.8 Å². The molecule has 0 bridgehead atoms. The number of rotatable bonds is 6. The van der Waals surface area contributed by atoms with Gasteiger partial charge in [-0.15, -0.1) is 0 Å². The number of hydrogen-bond donors (Lipinski definition) is 0. The Labute approximate surface area is 146 Å². The fourth-order valence-corrected chi connectivity index (χ4v) is 2.50. The van der Waals surface area contributed by atoms with Crippen LogP contribution in [0.3, 0.4) is 0 Å². The maximum atomic E-state index is 12.0. The third kappa shape index (κ3) is 4.52. The molecule has 0 unspecified atom stereocenters. The molecule has 0 fully saturated rings. The molecule has 0 saturated heterocycles. The fraction of sp³-hybridized carbons (Fsp3) is 0.211. The Balaban J connectivity index is 2.07. The molecule has 5 heteroatoms. The van der Waals surface area contributed by atoms with Gasteiger partial charge in [0.05, 0.1) is 19.2 Å². The smallest absolute Gasteiger partial charge is 0.331 e. The summed E-state index contributed by atoms with van der Waals surface area (Å²) in [6.45, 7) is 1.83. The van der Waals surface area contributed by atoms with Crippen LogP contribution >= 0.6 is 11.6 Å². The molecule has 0 heterocycles. The van der Waals surface area contributed by atoms with Crippen LogP contribution in [0, 0.1) is 0 Å². The number of benzene rings is 2. The van der Waals surface area contributed by atoms with E-state index in [1.165, 1.54) is 20.3 Å². The predicted molar refractivity (Wildman–Crippen MR) is 94.5 cm³/mol. The summed E-state index contributed by atoms with van der Waals surface area (Å²) < 4.78 is 15.8. The molecule has 0 aliphatic heterocycles. The number of carbonyl (C=O) groups excluding carboxylic acids is 1. The summed E-state index contributed by atoms with van der Waals surface area (Å²) in [5.41, 5.74) is 1.65. The quantitative estimate of drug-likeness (QED) is 0.563. The molecule has 24 heavy (non-hydrogen) atoms. The van der Waals surface area contributed by atoms with Crippen LogP contribution in [0.25, 0.3) is 6.08 Å². The number of methoxy groups -OCH3 is 2. The van der Waals surface area contributed by atoms with Crippen LogP contribution < -0.4 is 9.47 Å². The molecular formula is C19H19ClO4. The summed E-state index contributed by atoms with van der Waals surface area (Å²) in [7, 11) is 3.04. The number of halogens is 1. The lowest BCUT2D eigenvalue weighted by atomic mass is 10.1. The second-order valence-electron chi connectivity index (χ2n) is 5.06. The van der Waals surface area contributed by atoms with Gasteiger partial charge in [-0.05, 0) is 36.3 Å². The number of carbonyl (C=O) groups is 1. The molecule has 0 radical (unpaired) electrons. The van der Waals surface area contributed by atoms with Crippen LogP contribution in [0.5, 0.6) is 11.5 Å². The Bertz CT molecular complexity index is 726. The summed E-state index contributed by atoms with van der Waals surface area (Å²) in [6.07, 6.45) is 2.66. The molecule has 0 amide bonds. The maximum Gasteiger partial charge on any atom is 0.331 e. The minimum atomic E-state index is -0.433. The lowest BCUT2D eigenvalue weighted by molar-refractivity contribution is -0.142. The van der Waals surface area contributed by atoms with Gasteiger partial charge >= 0.3 is 5.97 Å². The minimum Gasteiger partial charge on any atom is -0.493 e. The van der Waals surface area contributed by atoms with Crippen molar-refractivity contribution in [1.29, 1.82) is 0 Å². The molecule has 1 atom stereocenters. The van der Waals surface area contributed by atoms with E-state index in [-0.39, 0.29) is 6.10 Å². The van der Waals surface area contributed by atoms with E-state index in [1.807, 2.05) is 37.3 Å². The van der Waals surface area contributed by atoms with E-state index >= 15 is 0 Å². The fourth-order valence-electron chi connectivity index (χ4n) is 2.20. The summed E-state index contributed by atoms with van der Waals surface area (Å²) in [5.74, 6) is 0.518. The van der Waals surface area contributed by atoms with Crippen molar-refractivity contribution in [3.63, 3.8) is 0 Å². The Hall–Kier alpha value is -2.46. The Kier molecular flexibility index (Phi) is 6.27. The van der Waals surface area contributed by atoms with Crippen LogP contribution in [0.2, 0.25) is 5.02 Å². The molecule has 2 aromatic carbocycles. The van der Waals surface area contributed by atoms with Gasteiger partial charge in [-0.2, -0.15) is 0 Å². The number of hydrogen-bond acceptors (Lipinski definition) is 4. The van der Waals surface area contributed by atoms with Crippen molar-refractivity contribution in [3.05, 3.63) is 64.7 Å². The number of esters is 1. The summed E-state index contributed by atoms with van der Waals surface area (Å²) in [6, 6.07) is 13.0. The monoisotopic (exact) mass is 346 g/mol. The van der Waals surface area contributed by atoms with E-state index < -0.39 is 5.97 Å². The van der Waals surface area contributed by atoms with Gasteiger partial charge in [-0.3, -0.25) is 0 Å². The van der Waals surface area contributed by atoms with Gasteiger partial charge in [0.25, 0.3) is 0 Å². The van der Waals surface area contributed by atoms with Gasteiger partial charge in [0.2, 0.25) is 0 Å². The summed E-state index contributed by atoms with van der Waals surface area (Å²) in [4.78, 5) is 12.0. The van der Waals surface area contributed by atoms with E-state index in [0.29, 0.717) is 22.1 Å². The molecule has 0 N–H and O–H groups in total. The Morgan fingerprint density at radius 1 is 1.12 bits per heavy atom. The van der Waals surface area contributed by atoms with Crippen LogP contribution in [0.15, 0.2) is 48.5 Å². The predicted octanol–water partition coefficient (Wildman–Crippen LogP) is 4.67. The van der Waals surface area contributed by atoms with Gasteiger partial charge in [0.15, 0.2) is 11.5 Å². The van der Waals surface area contributed by atoms with Crippen molar-refractivity contribution < 1.29 is 19.0 Å². The van der Waals surface area contributed by atoms with Crippen LogP contribution in [0.1, 0.15) is 24.2 Å². The van der Waals surface area contributed by atoms with E-state index in [0.717, 1.165) is 5.56 Å². The molecule has 0 aliphatic carbocycles. The molecular weight excluding hydrogens is 328 g/mol. The zero-order chi connectivity index (χ0) is 17.5. The first-order chi connectivity index (χ1) is 11.5. The van der Waals surface area contributed by atoms with Crippen LogP contribution in [0.4, 0.5) is 0 Å². The number of ether oxygens (including phenoxy) is 3. The first-order valence-corrected chi connectivity index (χ1v) is 7.78. The molecule has 0 aliphatic rings. The second-order valence-corrected chi connectivity index (χ2v) is 5.47. The average molecular weight is 347 g/mol. The van der Waals surface area contributed by atoms with Crippen molar-refractivity contribution in [2.75, 3.05) is 14.2 Å². The lowest BCUT2D eigenvalue weighted by Gasteiger charge is -2.12. The molecule has 0 saturated carbocycles. The van der Waals surface area contributed by atoms with Crippen molar-refractivity contribution in [3.8, 4) is 11.5 Å². The molecule has 0 aromatic heterocycles. The second kappa shape index (κ2) is 8.41. The molecule has 2 rings (SSSR count). The molecule has 126 valence electrons. The van der Waals surface area contributed by atoms with E-state index in [9.17, 15) is 4.79 Å². The SMILES string of the molecule is COc1cc(/C=C/C(=O)O[C@@H](C)c2ccccc2)cc(Cl)c1OC. The molecule has 2 aromatic rings. The Morgan fingerprint density at radius 2 is 1.83 bits per heavy atom. The van der Waals surface area contributed by atoms with Crippen LogP contribution in [-0.4, -0.2) is 20.2 Å². The van der Waals surface area contributed by atoms with Gasteiger partial charge in [0.1, 0.15) is 6.10 Å². The van der Waals surface area contributed by atoms with Gasteiger partial charge in [-0.1, -0.05) is 41.9 Å². The van der Waals surface area contributed by atoms with Crippen molar-refractivity contribution in [1.82, 2.24) is 0 Å². The van der Waals surface area contributed by atoms with Gasteiger partial charge in [0, 0.05) is 6.08 Å². The zero-order valence-electron chi connectivity index (χ0n) is 13.8. The summed E-state index contributed by atoms with van der Waals surface area (Å²) in [5, 5.41) is 0.405. The highest BCUT2D eigenvalue weighted by Crippen LogP contribution is 2.36. The van der Waals surface area contributed by atoms with Crippen molar-refractivity contribution in [2.24, 2.45) is 0 Å². The first kappa shape index (κ1) is 17.9. The highest BCUT2D eigenvalue weighted by atomic mass is 35.5. The van der Waals surface area contributed by atoms with Crippen molar-refractivity contribution >= 4 is 23.6 Å². The lowest BCUT2D eigenvalue weighted by Crippen LogP contribution is -2.05. The molecule has 0 spiro atoms. The summed E-state index contributed by atoms with van der Waals surface area (Å²) >= 11 is 6.14. The average Bonchev–Trinajstić information content (AvgIpc) is 2.60. The topological polar surface area (TPSA) is 44.8 Å². The third-order valence-corrected chi connectivity index (χ3v) is 3.71. The first-order valence-electron chi connectivity index (χ1n) is 7.40. The normalized spacial score (nSPS) is 12.0. The van der Waals surface area contributed by atoms with E-state index in [2.05, 4.69) is 0 Å². The third-order valence-electron chi connectivity index (χ3n) is 3.43. The van der Waals surface area contributed by atoms with Gasteiger partial charge < -0.3 is 14.2 Å².